The molecule has 0 aromatic heterocycles. The molecule has 2 aliphatic heterocycles. The molecule has 6 nitrogen and oxygen atoms in total. The third-order valence-corrected chi connectivity index (χ3v) is 7.74. The number of para-hydroxylation sites is 1. The number of ether oxygens (including phenoxy) is 2. The summed E-state index contributed by atoms with van der Waals surface area (Å²) >= 11 is 12.9. The van der Waals surface area contributed by atoms with E-state index >= 15 is 0 Å². The number of fused-ring (bicyclic) bond motifs is 2. The maximum Gasteiger partial charge on any atom is 0.282 e. The maximum absolute atomic E-state index is 14.3. The van der Waals surface area contributed by atoms with Crippen LogP contribution >= 0.6 is 23.2 Å². The zero-order chi connectivity index (χ0) is 28.7. The smallest absolute Gasteiger partial charge is 0.282 e. The molecule has 0 radical (unpaired) electrons. The fraction of sp³-hybridized carbons (Fsp3) is 0.0909. The molecule has 1 atom stereocenters. The summed E-state index contributed by atoms with van der Waals surface area (Å²) in [4.78, 5) is 29.8. The molecule has 2 aliphatic rings. The van der Waals surface area contributed by atoms with E-state index in [4.69, 9.17) is 32.7 Å². The number of imide groups is 1. The Balaban J connectivity index is 1.63. The number of aryl methyl sites for hydroxylation is 1. The van der Waals surface area contributed by atoms with Gasteiger partial charge in [0.1, 0.15) is 23.3 Å². The first-order valence-electron chi connectivity index (χ1n) is 13.0. The van der Waals surface area contributed by atoms with Gasteiger partial charge in [0.2, 0.25) is 0 Å². The van der Waals surface area contributed by atoms with E-state index in [0.717, 1.165) is 16.9 Å². The standard InChI is InChI=1S/C33H23Cl2NO5/c1-2-19-15-16-28-23(17-19)24(18-29(37)40-28)31-30(22-11-5-8-14-27(22)41-31)36(32(38)20-9-3-6-12-25(20)34)33(39)21-10-4-7-13-26(21)35/h3-18,30,37H,2H2,1H3. The molecule has 1 unspecified atom stereocenters. The lowest BCUT2D eigenvalue weighted by molar-refractivity contribution is 0.0557. The van der Waals surface area contributed by atoms with Crippen LogP contribution in [0.25, 0.3) is 5.57 Å². The molecule has 204 valence electrons. The van der Waals surface area contributed by atoms with Crippen molar-refractivity contribution in [2.24, 2.45) is 0 Å². The van der Waals surface area contributed by atoms with Crippen LogP contribution in [-0.4, -0.2) is 21.8 Å². The zero-order valence-corrected chi connectivity index (χ0v) is 23.3. The van der Waals surface area contributed by atoms with Crippen LogP contribution in [-0.2, 0) is 6.42 Å². The van der Waals surface area contributed by atoms with Crippen molar-refractivity contribution < 1.29 is 24.2 Å². The number of carbonyl (C=O) groups excluding carboxylic acids is 2. The van der Waals surface area contributed by atoms with Gasteiger partial charge in [-0.2, -0.15) is 0 Å². The van der Waals surface area contributed by atoms with E-state index in [-0.39, 0.29) is 32.9 Å². The predicted octanol–water partition coefficient (Wildman–Crippen LogP) is 8.18. The fourth-order valence-corrected chi connectivity index (χ4v) is 5.51. The largest absolute Gasteiger partial charge is 0.481 e. The number of hydrogen-bond acceptors (Lipinski definition) is 5. The molecular formula is C33H23Cl2NO5. The average Bonchev–Trinajstić information content (AvgIpc) is 3.36. The maximum atomic E-state index is 14.3. The molecule has 6 rings (SSSR count). The lowest BCUT2D eigenvalue weighted by Gasteiger charge is -2.30. The lowest BCUT2D eigenvalue weighted by atomic mass is 9.93. The normalized spacial score (nSPS) is 17.0. The molecule has 1 N–H and O–H groups in total. The molecule has 0 fully saturated rings. The van der Waals surface area contributed by atoms with Gasteiger partial charge in [0.05, 0.1) is 21.2 Å². The SMILES string of the molecule is CCc1ccc2c(c1)C(=C1Oc3ccccc3C1N(C(=O)c1ccccc1Cl)C(=O)c1ccccc1Cl)C=C(O)O2. The number of aliphatic hydroxyl groups is 1. The van der Waals surface area contributed by atoms with Gasteiger partial charge in [0, 0.05) is 22.8 Å². The Labute approximate surface area is 246 Å². The van der Waals surface area contributed by atoms with E-state index in [2.05, 4.69) is 0 Å². The molecular weight excluding hydrogens is 561 g/mol. The minimum atomic E-state index is -1.02. The number of carbonyl (C=O) groups is 2. The van der Waals surface area contributed by atoms with Crippen molar-refractivity contribution >= 4 is 40.6 Å². The Morgan fingerprint density at radius 2 is 1.41 bits per heavy atom. The summed E-state index contributed by atoms with van der Waals surface area (Å²) in [6, 6.07) is 24.9. The summed E-state index contributed by atoms with van der Waals surface area (Å²) in [5.41, 5.74) is 3.03. The van der Waals surface area contributed by atoms with Crippen LogP contribution in [0.2, 0.25) is 10.0 Å². The Morgan fingerprint density at radius 1 is 0.805 bits per heavy atom. The predicted molar refractivity (Wildman–Crippen MR) is 157 cm³/mol. The minimum Gasteiger partial charge on any atom is -0.481 e. The minimum absolute atomic E-state index is 0.141. The van der Waals surface area contributed by atoms with Crippen molar-refractivity contribution in [1.29, 1.82) is 0 Å². The summed E-state index contributed by atoms with van der Waals surface area (Å²) in [7, 11) is 0. The van der Waals surface area contributed by atoms with Gasteiger partial charge in [-0.25, -0.2) is 0 Å². The highest BCUT2D eigenvalue weighted by Crippen LogP contribution is 2.49. The van der Waals surface area contributed by atoms with E-state index in [9.17, 15) is 14.7 Å². The second kappa shape index (κ2) is 10.8. The number of halogens is 2. The number of rotatable bonds is 4. The molecule has 0 bridgehead atoms. The summed E-state index contributed by atoms with van der Waals surface area (Å²) in [6.07, 6.45) is 2.20. The molecule has 0 saturated carbocycles. The molecule has 41 heavy (non-hydrogen) atoms. The number of hydrogen-bond donors (Lipinski definition) is 1. The van der Waals surface area contributed by atoms with Crippen molar-refractivity contribution in [1.82, 2.24) is 4.90 Å². The Bertz CT molecular complexity index is 1720. The van der Waals surface area contributed by atoms with Crippen molar-refractivity contribution in [2.75, 3.05) is 0 Å². The van der Waals surface area contributed by atoms with Gasteiger partial charge in [0.25, 0.3) is 17.8 Å². The average molecular weight is 584 g/mol. The number of benzene rings is 4. The van der Waals surface area contributed by atoms with Crippen LogP contribution in [0, 0.1) is 0 Å². The summed E-state index contributed by atoms with van der Waals surface area (Å²) < 4.78 is 12.0. The van der Waals surface area contributed by atoms with Crippen molar-refractivity contribution in [3.63, 3.8) is 0 Å². The van der Waals surface area contributed by atoms with E-state index in [1.807, 2.05) is 19.1 Å². The fourth-order valence-electron chi connectivity index (χ4n) is 5.07. The molecule has 0 spiro atoms. The van der Waals surface area contributed by atoms with Crippen LogP contribution in [0.5, 0.6) is 11.5 Å². The molecule has 2 amide bonds. The first kappa shape index (κ1) is 26.7. The highest BCUT2D eigenvalue weighted by Gasteiger charge is 2.44. The Kier molecular flexibility index (Phi) is 7.03. The van der Waals surface area contributed by atoms with Gasteiger partial charge in [-0.05, 0) is 54.4 Å². The summed E-state index contributed by atoms with van der Waals surface area (Å²) in [5.74, 6) is -0.445. The van der Waals surface area contributed by atoms with Gasteiger partial charge in [-0.1, -0.05) is 78.7 Å². The van der Waals surface area contributed by atoms with Gasteiger partial charge >= 0.3 is 0 Å². The van der Waals surface area contributed by atoms with Crippen LogP contribution < -0.4 is 9.47 Å². The zero-order valence-electron chi connectivity index (χ0n) is 21.8. The monoisotopic (exact) mass is 583 g/mol. The highest BCUT2D eigenvalue weighted by molar-refractivity contribution is 6.36. The first-order chi connectivity index (χ1) is 19.9. The quantitative estimate of drug-likeness (QED) is 0.245. The molecule has 2 heterocycles. The summed E-state index contributed by atoms with van der Waals surface area (Å²) in [6.45, 7) is 2.03. The van der Waals surface area contributed by atoms with E-state index in [1.54, 1.807) is 78.9 Å². The van der Waals surface area contributed by atoms with Crippen LogP contribution in [0.15, 0.2) is 109 Å². The van der Waals surface area contributed by atoms with E-state index in [1.165, 1.54) is 6.08 Å². The lowest BCUT2D eigenvalue weighted by Crippen LogP contribution is -2.40. The van der Waals surface area contributed by atoms with Crippen molar-refractivity contribution in [3.8, 4) is 11.5 Å². The van der Waals surface area contributed by atoms with Crippen LogP contribution in [0.3, 0.4) is 0 Å². The van der Waals surface area contributed by atoms with E-state index < -0.39 is 17.9 Å². The second-order valence-corrected chi connectivity index (χ2v) is 10.3. The molecule has 4 aromatic carbocycles. The second-order valence-electron chi connectivity index (χ2n) is 9.53. The molecule has 4 aromatic rings. The van der Waals surface area contributed by atoms with Gasteiger partial charge in [-0.3, -0.25) is 14.5 Å². The van der Waals surface area contributed by atoms with Gasteiger partial charge in [-0.15, -0.1) is 0 Å². The third-order valence-electron chi connectivity index (χ3n) is 7.08. The topological polar surface area (TPSA) is 76.1 Å². The summed E-state index contributed by atoms with van der Waals surface area (Å²) in [5, 5.41) is 11.0. The Morgan fingerprint density at radius 3 is 2.05 bits per heavy atom. The Hall–Kier alpha value is -4.52. The van der Waals surface area contributed by atoms with Crippen molar-refractivity contribution in [2.45, 2.75) is 19.4 Å². The number of nitrogens with zero attached hydrogens (tertiary/aromatic N) is 1. The number of allylic oxidation sites excluding steroid dienone is 2. The third kappa shape index (κ3) is 4.75. The molecule has 8 heteroatoms. The van der Waals surface area contributed by atoms with Gasteiger partial charge in [0.15, 0.2) is 0 Å². The van der Waals surface area contributed by atoms with Crippen LogP contribution in [0.1, 0.15) is 50.4 Å². The first-order valence-corrected chi connectivity index (χ1v) is 13.7. The molecule has 0 aliphatic carbocycles. The highest BCUT2D eigenvalue weighted by atomic mass is 35.5. The van der Waals surface area contributed by atoms with Gasteiger partial charge < -0.3 is 14.6 Å². The van der Waals surface area contributed by atoms with Crippen molar-refractivity contribution in [3.05, 3.63) is 147 Å². The molecule has 0 saturated heterocycles. The number of aliphatic hydroxyl groups excluding tert-OH is 1. The van der Waals surface area contributed by atoms with E-state index in [0.29, 0.717) is 28.2 Å². The van der Waals surface area contributed by atoms with Crippen LogP contribution in [0.4, 0.5) is 0 Å². The number of amides is 2.